The number of para-hydroxylation sites is 1. The van der Waals surface area contributed by atoms with Crippen molar-refractivity contribution in [2.45, 2.75) is 13.0 Å². The average molecular weight is 360 g/mol. The van der Waals surface area contributed by atoms with E-state index in [1.54, 1.807) is 4.90 Å². The molecule has 2 heterocycles. The Morgan fingerprint density at radius 3 is 2.88 bits per heavy atom. The Morgan fingerprint density at radius 1 is 1.36 bits per heavy atom. The number of nitrogens with zero attached hydrogens (tertiary/aromatic N) is 3. The molecule has 1 aliphatic heterocycles. The number of hydrogen-bond acceptors (Lipinski definition) is 6. The van der Waals surface area contributed by atoms with E-state index in [0.29, 0.717) is 25.2 Å². The molecule has 0 bridgehead atoms. The molecule has 1 fully saturated rings. The summed E-state index contributed by atoms with van der Waals surface area (Å²) in [5.41, 5.74) is 8.36. The Balaban J connectivity index is 1.71. The van der Waals surface area contributed by atoms with Gasteiger partial charge in [-0.25, -0.2) is 4.98 Å². The number of amides is 1. The van der Waals surface area contributed by atoms with Crippen molar-refractivity contribution < 1.29 is 9.53 Å². The zero-order valence-electron chi connectivity index (χ0n) is 14.5. The number of hydrogen-bond donors (Lipinski definition) is 1. The maximum Gasteiger partial charge on any atom is 0.273 e. The number of carbonyl (C=O) groups is 1. The van der Waals surface area contributed by atoms with E-state index < -0.39 is 0 Å². The van der Waals surface area contributed by atoms with Crippen molar-refractivity contribution in [1.82, 2.24) is 9.88 Å². The first-order chi connectivity index (χ1) is 12.2. The van der Waals surface area contributed by atoms with E-state index in [1.807, 2.05) is 24.6 Å². The Kier molecular flexibility index (Phi) is 6.01. The van der Waals surface area contributed by atoms with Gasteiger partial charge in [-0.1, -0.05) is 18.2 Å². The van der Waals surface area contributed by atoms with Crippen molar-refractivity contribution in [1.29, 1.82) is 0 Å². The molecule has 0 atom stereocenters. The minimum atomic E-state index is -0.0590. The van der Waals surface area contributed by atoms with Crippen molar-refractivity contribution in [3.8, 4) is 0 Å². The highest BCUT2D eigenvalue weighted by Crippen LogP contribution is 2.23. The highest BCUT2D eigenvalue weighted by Gasteiger charge is 2.19. The monoisotopic (exact) mass is 360 g/mol. The lowest BCUT2D eigenvalue weighted by atomic mass is 10.1. The molecule has 25 heavy (non-hydrogen) atoms. The third-order valence-electron chi connectivity index (χ3n) is 4.23. The van der Waals surface area contributed by atoms with E-state index in [-0.39, 0.29) is 5.91 Å². The van der Waals surface area contributed by atoms with Crippen molar-refractivity contribution in [3.05, 3.63) is 45.9 Å². The minimum Gasteiger partial charge on any atom is -0.378 e. The minimum absolute atomic E-state index is 0.0590. The maximum atomic E-state index is 12.7. The van der Waals surface area contributed by atoms with Gasteiger partial charge in [-0.05, 0) is 18.2 Å². The van der Waals surface area contributed by atoms with E-state index in [2.05, 4.69) is 22.0 Å². The molecule has 2 aromatic rings. The van der Waals surface area contributed by atoms with Gasteiger partial charge in [-0.3, -0.25) is 4.79 Å². The van der Waals surface area contributed by atoms with Crippen LogP contribution in [0.1, 0.15) is 21.1 Å². The van der Waals surface area contributed by atoms with Crippen molar-refractivity contribution in [3.63, 3.8) is 0 Å². The molecule has 1 amide bonds. The van der Waals surface area contributed by atoms with Gasteiger partial charge in [0.05, 0.1) is 18.2 Å². The SMILES string of the molecule is CN(Cc1ccccc1N1CCOCC1)C(=O)c1csc(CCN)n1. The van der Waals surface area contributed by atoms with Crippen molar-refractivity contribution in [2.75, 3.05) is 44.8 Å². The number of aromatic nitrogens is 1. The van der Waals surface area contributed by atoms with Gasteiger partial charge >= 0.3 is 0 Å². The molecule has 2 N–H and O–H groups in total. The molecule has 0 radical (unpaired) electrons. The van der Waals surface area contributed by atoms with E-state index in [0.717, 1.165) is 36.9 Å². The molecule has 1 aliphatic rings. The number of rotatable bonds is 6. The van der Waals surface area contributed by atoms with Gasteiger partial charge < -0.3 is 20.3 Å². The second kappa shape index (κ2) is 8.42. The van der Waals surface area contributed by atoms with E-state index in [9.17, 15) is 4.79 Å². The van der Waals surface area contributed by atoms with E-state index >= 15 is 0 Å². The van der Waals surface area contributed by atoms with Gasteiger partial charge in [-0.2, -0.15) is 0 Å². The summed E-state index contributed by atoms with van der Waals surface area (Å²) in [6, 6.07) is 8.24. The molecule has 1 aromatic heterocycles. The quantitative estimate of drug-likeness (QED) is 0.850. The van der Waals surface area contributed by atoms with Crippen molar-refractivity contribution in [2.24, 2.45) is 5.73 Å². The molecule has 0 saturated carbocycles. The Labute approximate surface area is 152 Å². The molecule has 1 saturated heterocycles. The lowest BCUT2D eigenvalue weighted by molar-refractivity contribution is 0.0779. The van der Waals surface area contributed by atoms with Crippen molar-refractivity contribution >= 4 is 22.9 Å². The van der Waals surface area contributed by atoms with Gasteiger partial charge in [0.25, 0.3) is 5.91 Å². The molecular formula is C18H24N4O2S. The molecule has 7 heteroatoms. The summed E-state index contributed by atoms with van der Waals surface area (Å²) in [6.45, 7) is 4.34. The fourth-order valence-corrected chi connectivity index (χ4v) is 3.72. The van der Waals surface area contributed by atoms with Crippen LogP contribution in [0, 0.1) is 0 Å². The Hall–Kier alpha value is -1.96. The van der Waals surface area contributed by atoms with E-state index in [4.69, 9.17) is 10.5 Å². The number of anilines is 1. The highest BCUT2D eigenvalue weighted by molar-refractivity contribution is 7.09. The molecule has 134 valence electrons. The van der Waals surface area contributed by atoms with Gasteiger partial charge in [0, 0.05) is 44.2 Å². The zero-order valence-corrected chi connectivity index (χ0v) is 15.3. The predicted octanol–water partition coefficient (Wildman–Crippen LogP) is 1.75. The summed E-state index contributed by atoms with van der Waals surface area (Å²) in [4.78, 5) is 21.1. The first-order valence-corrected chi connectivity index (χ1v) is 9.37. The maximum absolute atomic E-state index is 12.7. The largest absolute Gasteiger partial charge is 0.378 e. The lowest BCUT2D eigenvalue weighted by Crippen LogP contribution is -2.37. The lowest BCUT2D eigenvalue weighted by Gasteiger charge is -2.31. The highest BCUT2D eigenvalue weighted by atomic mass is 32.1. The van der Waals surface area contributed by atoms with Crippen LogP contribution in [-0.4, -0.2) is 55.7 Å². The summed E-state index contributed by atoms with van der Waals surface area (Å²) < 4.78 is 5.44. The molecule has 0 aliphatic carbocycles. The predicted molar refractivity (Wildman–Crippen MR) is 100 cm³/mol. The van der Waals surface area contributed by atoms with Crippen LogP contribution in [0.2, 0.25) is 0 Å². The standard InChI is InChI=1S/C18H24N4O2S/c1-21(18(23)15-13-25-17(20-15)6-7-19)12-14-4-2-3-5-16(14)22-8-10-24-11-9-22/h2-5,13H,6-12,19H2,1H3. The number of thiazole rings is 1. The zero-order chi connectivity index (χ0) is 17.6. The van der Waals surface area contributed by atoms with Gasteiger partial charge in [0.1, 0.15) is 5.69 Å². The normalized spacial score (nSPS) is 14.6. The Bertz CT molecular complexity index is 713. The van der Waals surface area contributed by atoms with Crippen LogP contribution in [0.3, 0.4) is 0 Å². The third-order valence-corrected chi connectivity index (χ3v) is 5.14. The fraction of sp³-hybridized carbons (Fsp3) is 0.444. The van der Waals surface area contributed by atoms with Crippen LogP contribution in [0.4, 0.5) is 5.69 Å². The number of benzene rings is 1. The van der Waals surface area contributed by atoms with Gasteiger partial charge in [-0.15, -0.1) is 11.3 Å². The Morgan fingerprint density at radius 2 is 2.12 bits per heavy atom. The average Bonchev–Trinajstić information content (AvgIpc) is 3.11. The first kappa shape index (κ1) is 17.8. The molecule has 1 aromatic carbocycles. The number of morpholine rings is 1. The van der Waals surface area contributed by atoms with Crippen LogP contribution in [0.5, 0.6) is 0 Å². The number of nitrogens with two attached hydrogens (primary N) is 1. The van der Waals surface area contributed by atoms with Gasteiger partial charge in [0.15, 0.2) is 0 Å². The van der Waals surface area contributed by atoms with Crippen LogP contribution in [-0.2, 0) is 17.7 Å². The summed E-state index contributed by atoms with van der Waals surface area (Å²) in [5.74, 6) is -0.0590. The third kappa shape index (κ3) is 4.36. The van der Waals surface area contributed by atoms with E-state index in [1.165, 1.54) is 17.0 Å². The summed E-state index contributed by atoms with van der Waals surface area (Å²) >= 11 is 1.49. The van der Waals surface area contributed by atoms with Crippen LogP contribution in [0.15, 0.2) is 29.6 Å². The topological polar surface area (TPSA) is 71.7 Å². The summed E-state index contributed by atoms with van der Waals surface area (Å²) in [7, 11) is 1.82. The summed E-state index contributed by atoms with van der Waals surface area (Å²) in [6.07, 6.45) is 0.710. The van der Waals surface area contributed by atoms with Gasteiger partial charge in [0.2, 0.25) is 0 Å². The molecular weight excluding hydrogens is 336 g/mol. The smallest absolute Gasteiger partial charge is 0.273 e. The molecule has 0 unspecified atom stereocenters. The first-order valence-electron chi connectivity index (χ1n) is 8.49. The second-order valence-electron chi connectivity index (χ2n) is 6.05. The fourth-order valence-electron chi connectivity index (χ4n) is 2.93. The number of ether oxygens (including phenoxy) is 1. The number of carbonyl (C=O) groups excluding carboxylic acids is 1. The molecule has 6 nitrogen and oxygen atoms in total. The second-order valence-corrected chi connectivity index (χ2v) is 7.00. The van der Waals surface area contributed by atoms with Crippen LogP contribution >= 0.6 is 11.3 Å². The molecule has 0 spiro atoms. The molecule has 3 rings (SSSR count). The van der Waals surface area contributed by atoms with Crippen LogP contribution in [0.25, 0.3) is 0 Å². The van der Waals surface area contributed by atoms with Crippen LogP contribution < -0.4 is 10.6 Å². The summed E-state index contributed by atoms with van der Waals surface area (Å²) in [5, 5.41) is 2.73.